The first-order valence-corrected chi connectivity index (χ1v) is 15.9. The van der Waals surface area contributed by atoms with Gasteiger partial charge in [0.25, 0.3) is 0 Å². The van der Waals surface area contributed by atoms with E-state index in [1.807, 2.05) is 41.0 Å². The van der Waals surface area contributed by atoms with E-state index in [2.05, 4.69) is 116 Å². The standard InChI is InChI=1S/C40H35N5O/c1-25(2)28-16-12-17-29(26(3)4)38(28)43-24-31(41-39(43)27-14-6-5-7-15-27)30-18-13-22-35-37(30)42-40-44(34-21-10-11-23-36(34)46)32-19-8-9-20-33(32)45(35)40/h5-26,46H,1-4H3. The summed E-state index contributed by atoms with van der Waals surface area (Å²) in [5.74, 6) is 2.51. The van der Waals surface area contributed by atoms with Crippen LogP contribution in [0.4, 0.5) is 0 Å². The molecule has 0 saturated heterocycles. The quantitative estimate of drug-likeness (QED) is 0.206. The summed E-state index contributed by atoms with van der Waals surface area (Å²) in [6.45, 7) is 9.02. The van der Waals surface area contributed by atoms with Crippen LogP contribution in [0.5, 0.6) is 5.75 Å². The van der Waals surface area contributed by atoms with Crippen LogP contribution in [0.2, 0.25) is 0 Å². The molecule has 0 bridgehead atoms. The van der Waals surface area contributed by atoms with Crippen molar-refractivity contribution >= 4 is 27.8 Å². The normalized spacial score (nSPS) is 12.0. The predicted molar refractivity (Wildman–Crippen MR) is 187 cm³/mol. The number of hydrogen-bond acceptors (Lipinski definition) is 3. The number of aromatic nitrogens is 5. The first-order chi connectivity index (χ1) is 22.4. The lowest BCUT2D eigenvalue weighted by molar-refractivity contribution is 0.473. The number of imidazole rings is 3. The minimum atomic E-state index is 0.203. The summed E-state index contributed by atoms with van der Waals surface area (Å²) >= 11 is 0. The summed E-state index contributed by atoms with van der Waals surface area (Å²) in [5.41, 5.74) is 11.2. The van der Waals surface area contributed by atoms with Gasteiger partial charge in [0.15, 0.2) is 0 Å². The third kappa shape index (κ3) is 4.25. The molecule has 6 nitrogen and oxygen atoms in total. The van der Waals surface area contributed by atoms with Crippen molar-refractivity contribution in [2.45, 2.75) is 39.5 Å². The number of fused-ring (bicyclic) bond motifs is 5. The monoisotopic (exact) mass is 601 g/mol. The molecule has 5 aromatic carbocycles. The van der Waals surface area contributed by atoms with E-state index in [0.29, 0.717) is 17.5 Å². The van der Waals surface area contributed by atoms with Crippen LogP contribution in [0.1, 0.15) is 50.7 Å². The molecule has 0 atom stereocenters. The molecule has 0 amide bonds. The van der Waals surface area contributed by atoms with Crippen molar-refractivity contribution in [2.75, 3.05) is 0 Å². The van der Waals surface area contributed by atoms with Gasteiger partial charge in [0.1, 0.15) is 17.1 Å². The van der Waals surface area contributed by atoms with Gasteiger partial charge in [-0.3, -0.25) is 13.5 Å². The molecule has 6 heteroatoms. The Morgan fingerprint density at radius 3 is 1.96 bits per heavy atom. The smallest absolute Gasteiger partial charge is 0.220 e. The largest absolute Gasteiger partial charge is 0.506 e. The maximum Gasteiger partial charge on any atom is 0.220 e. The molecule has 0 aliphatic rings. The van der Waals surface area contributed by atoms with Gasteiger partial charge in [0.05, 0.1) is 33.6 Å². The lowest BCUT2D eigenvalue weighted by Crippen LogP contribution is -2.07. The predicted octanol–water partition coefficient (Wildman–Crippen LogP) is 9.90. The molecular weight excluding hydrogens is 566 g/mol. The lowest BCUT2D eigenvalue weighted by atomic mass is 9.92. The Hall–Kier alpha value is -5.62. The van der Waals surface area contributed by atoms with Gasteiger partial charge >= 0.3 is 0 Å². The number of rotatable bonds is 6. The number of phenolic OH excluding ortho intramolecular Hbond substituents is 1. The van der Waals surface area contributed by atoms with E-state index >= 15 is 0 Å². The average Bonchev–Trinajstić information content (AvgIpc) is 3.76. The molecule has 8 aromatic rings. The minimum Gasteiger partial charge on any atom is -0.506 e. The third-order valence-corrected chi connectivity index (χ3v) is 8.95. The summed E-state index contributed by atoms with van der Waals surface area (Å²) in [6, 6.07) is 39.0. The summed E-state index contributed by atoms with van der Waals surface area (Å²) in [5, 5.41) is 10.9. The van der Waals surface area contributed by atoms with Crippen molar-refractivity contribution in [3.05, 3.63) is 133 Å². The van der Waals surface area contributed by atoms with Gasteiger partial charge < -0.3 is 5.11 Å². The van der Waals surface area contributed by atoms with Gasteiger partial charge in [-0.1, -0.05) is 113 Å². The fraction of sp³-hybridized carbons (Fsp3) is 0.150. The van der Waals surface area contributed by atoms with Crippen molar-refractivity contribution in [1.29, 1.82) is 0 Å². The van der Waals surface area contributed by atoms with Gasteiger partial charge in [-0.25, -0.2) is 9.97 Å². The molecule has 0 fully saturated rings. The fourth-order valence-corrected chi connectivity index (χ4v) is 6.78. The van der Waals surface area contributed by atoms with Crippen LogP contribution < -0.4 is 0 Å². The second-order valence-electron chi connectivity index (χ2n) is 12.5. The fourth-order valence-electron chi connectivity index (χ4n) is 6.78. The van der Waals surface area contributed by atoms with Crippen molar-refractivity contribution in [3.8, 4) is 39.8 Å². The van der Waals surface area contributed by atoms with Crippen LogP contribution in [0, 0.1) is 0 Å². The number of aromatic hydroxyl groups is 1. The van der Waals surface area contributed by atoms with Gasteiger partial charge in [-0.05, 0) is 53.3 Å². The van der Waals surface area contributed by atoms with E-state index < -0.39 is 0 Å². The summed E-state index contributed by atoms with van der Waals surface area (Å²) in [6.07, 6.45) is 2.18. The van der Waals surface area contributed by atoms with Crippen molar-refractivity contribution in [1.82, 2.24) is 23.5 Å². The SMILES string of the molecule is CC(C)c1cccc(C(C)C)c1-n1cc(-c2cccc3c2nc2n(-c4ccccc4O)c4ccccc4n32)nc1-c1ccccc1. The molecule has 226 valence electrons. The van der Waals surface area contributed by atoms with Gasteiger partial charge in [0, 0.05) is 17.3 Å². The van der Waals surface area contributed by atoms with Crippen molar-refractivity contribution in [3.63, 3.8) is 0 Å². The van der Waals surface area contributed by atoms with Gasteiger partial charge in [-0.2, -0.15) is 0 Å². The van der Waals surface area contributed by atoms with Crippen LogP contribution in [0.3, 0.4) is 0 Å². The Balaban J connectivity index is 1.43. The maximum absolute atomic E-state index is 10.9. The van der Waals surface area contributed by atoms with Crippen molar-refractivity contribution < 1.29 is 5.11 Å². The minimum absolute atomic E-state index is 0.203. The van der Waals surface area contributed by atoms with Crippen LogP contribution in [-0.4, -0.2) is 28.6 Å². The Labute approximate surface area is 267 Å². The van der Waals surface area contributed by atoms with E-state index in [9.17, 15) is 5.11 Å². The highest BCUT2D eigenvalue weighted by Crippen LogP contribution is 2.39. The number of para-hydroxylation sites is 6. The number of benzene rings is 5. The topological polar surface area (TPSA) is 60.3 Å². The highest BCUT2D eigenvalue weighted by atomic mass is 16.3. The Bertz CT molecular complexity index is 2360. The highest BCUT2D eigenvalue weighted by molar-refractivity contribution is 5.98. The van der Waals surface area contributed by atoms with E-state index in [0.717, 1.165) is 50.5 Å². The molecule has 0 aliphatic heterocycles. The molecule has 0 unspecified atom stereocenters. The number of phenols is 1. The number of nitrogens with zero attached hydrogens (tertiary/aromatic N) is 5. The zero-order valence-corrected chi connectivity index (χ0v) is 26.4. The first kappa shape index (κ1) is 27.9. The zero-order chi connectivity index (χ0) is 31.5. The van der Waals surface area contributed by atoms with Gasteiger partial charge in [-0.15, -0.1) is 0 Å². The highest BCUT2D eigenvalue weighted by Gasteiger charge is 2.24. The zero-order valence-electron chi connectivity index (χ0n) is 26.4. The Kier molecular flexibility index (Phi) is 6.53. The first-order valence-electron chi connectivity index (χ1n) is 15.9. The molecule has 0 saturated carbocycles. The summed E-state index contributed by atoms with van der Waals surface area (Å²) < 4.78 is 6.51. The summed E-state index contributed by atoms with van der Waals surface area (Å²) in [4.78, 5) is 10.6. The molecule has 8 rings (SSSR count). The molecule has 0 radical (unpaired) electrons. The molecular formula is C40H35N5O. The third-order valence-electron chi connectivity index (χ3n) is 8.95. The molecule has 0 spiro atoms. The van der Waals surface area contributed by atoms with Crippen LogP contribution in [0.15, 0.2) is 121 Å². The van der Waals surface area contributed by atoms with E-state index in [1.54, 1.807) is 6.07 Å². The van der Waals surface area contributed by atoms with E-state index in [-0.39, 0.29) is 5.75 Å². The van der Waals surface area contributed by atoms with E-state index in [1.165, 1.54) is 16.8 Å². The molecule has 1 N–H and O–H groups in total. The molecule has 46 heavy (non-hydrogen) atoms. The average molecular weight is 602 g/mol. The van der Waals surface area contributed by atoms with Crippen LogP contribution in [-0.2, 0) is 0 Å². The second-order valence-corrected chi connectivity index (χ2v) is 12.5. The Morgan fingerprint density at radius 2 is 1.24 bits per heavy atom. The van der Waals surface area contributed by atoms with Crippen molar-refractivity contribution in [2.24, 2.45) is 0 Å². The molecule has 0 aliphatic carbocycles. The van der Waals surface area contributed by atoms with Crippen LogP contribution >= 0.6 is 0 Å². The van der Waals surface area contributed by atoms with Crippen LogP contribution in [0.25, 0.3) is 61.9 Å². The Morgan fingerprint density at radius 1 is 0.609 bits per heavy atom. The van der Waals surface area contributed by atoms with E-state index in [4.69, 9.17) is 9.97 Å². The second kappa shape index (κ2) is 10.8. The molecule has 3 heterocycles. The molecule has 3 aromatic heterocycles. The number of hydrogen-bond donors (Lipinski definition) is 1. The summed E-state index contributed by atoms with van der Waals surface area (Å²) in [7, 11) is 0. The van der Waals surface area contributed by atoms with Gasteiger partial charge in [0.2, 0.25) is 5.78 Å². The lowest BCUT2D eigenvalue weighted by Gasteiger charge is -2.21. The maximum atomic E-state index is 10.9.